The second kappa shape index (κ2) is 7.13. The van der Waals surface area contributed by atoms with Crippen molar-refractivity contribution >= 4 is 23.1 Å². The first kappa shape index (κ1) is 14.6. The highest BCUT2D eigenvalue weighted by Gasteiger charge is 2.14. The number of hydrogen-bond acceptors (Lipinski definition) is 3. The smallest absolute Gasteiger partial charge is 0.0671 e. The lowest BCUT2D eigenvalue weighted by Gasteiger charge is -2.18. The Morgan fingerprint density at radius 3 is 2.42 bits per heavy atom. The van der Waals surface area contributed by atoms with Gasteiger partial charge in [-0.15, -0.1) is 23.1 Å². The molecule has 19 heavy (non-hydrogen) atoms. The van der Waals surface area contributed by atoms with Gasteiger partial charge >= 0.3 is 0 Å². The van der Waals surface area contributed by atoms with Crippen molar-refractivity contribution < 1.29 is 0 Å². The first-order valence-corrected chi connectivity index (χ1v) is 8.72. The predicted octanol–water partition coefficient (Wildman–Crippen LogP) is 4.87. The van der Waals surface area contributed by atoms with Crippen molar-refractivity contribution in [2.75, 3.05) is 12.8 Å². The molecule has 0 aliphatic heterocycles. The van der Waals surface area contributed by atoms with Crippen LogP contribution < -0.4 is 5.32 Å². The van der Waals surface area contributed by atoms with E-state index in [0.717, 1.165) is 13.0 Å². The van der Waals surface area contributed by atoms with Crippen molar-refractivity contribution in [2.45, 2.75) is 31.2 Å². The van der Waals surface area contributed by atoms with Crippen LogP contribution in [0.3, 0.4) is 0 Å². The number of thioether (sulfide) groups is 1. The molecule has 0 amide bonds. The van der Waals surface area contributed by atoms with Crippen LogP contribution in [0, 0.1) is 6.92 Å². The van der Waals surface area contributed by atoms with Crippen molar-refractivity contribution in [1.82, 2.24) is 5.32 Å². The van der Waals surface area contributed by atoms with Gasteiger partial charge in [0.25, 0.3) is 0 Å². The molecule has 102 valence electrons. The van der Waals surface area contributed by atoms with Gasteiger partial charge in [0.2, 0.25) is 0 Å². The molecule has 3 heteroatoms. The summed E-state index contributed by atoms with van der Waals surface area (Å²) in [6.07, 6.45) is 3.27. The van der Waals surface area contributed by atoms with Crippen molar-refractivity contribution in [2.24, 2.45) is 0 Å². The van der Waals surface area contributed by atoms with Gasteiger partial charge in [-0.05, 0) is 56.0 Å². The van der Waals surface area contributed by atoms with Crippen LogP contribution in [-0.4, -0.2) is 12.8 Å². The fourth-order valence-corrected chi connectivity index (χ4v) is 3.47. The molecule has 0 aliphatic carbocycles. The average molecular weight is 291 g/mol. The second-order valence-corrected chi connectivity index (χ2v) is 6.81. The lowest BCUT2D eigenvalue weighted by molar-refractivity contribution is 0.605. The van der Waals surface area contributed by atoms with Crippen LogP contribution in [0.25, 0.3) is 0 Å². The third-order valence-electron chi connectivity index (χ3n) is 3.09. The van der Waals surface area contributed by atoms with Crippen LogP contribution in [0.2, 0.25) is 0 Å². The van der Waals surface area contributed by atoms with Gasteiger partial charge in [0.1, 0.15) is 0 Å². The highest BCUT2D eigenvalue weighted by molar-refractivity contribution is 7.98. The third-order valence-corrected chi connectivity index (χ3v) is 4.90. The topological polar surface area (TPSA) is 12.0 Å². The van der Waals surface area contributed by atoms with Crippen LogP contribution in [0.1, 0.15) is 34.7 Å². The Kier molecular flexibility index (Phi) is 5.49. The number of thiophene rings is 1. The number of rotatable bonds is 6. The van der Waals surface area contributed by atoms with E-state index in [1.54, 1.807) is 11.8 Å². The molecule has 0 bridgehead atoms. The van der Waals surface area contributed by atoms with E-state index < -0.39 is 0 Å². The molecule has 1 N–H and O–H groups in total. The molecule has 0 saturated heterocycles. The molecule has 1 atom stereocenters. The lowest BCUT2D eigenvalue weighted by atomic mass is 10.1. The van der Waals surface area contributed by atoms with Gasteiger partial charge in [-0.1, -0.05) is 19.1 Å². The monoisotopic (exact) mass is 291 g/mol. The van der Waals surface area contributed by atoms with Gasteiger partial charge in [0.15, 0.2) is 0 Å². The van der Waals surface area contributed by atoms with Gasteiger partial charge in [-0.25, -0.2) is 0 Å². The van der Waals surface area contributed by atoms with Crippen LogP contribution >= 0.6 is 23.1 Å². The zero-order chi connectivity index (χ0) is 13.7. The molecule has 1 unspecified atom stereocenters. The largest absolute Gasteiger partial charge is 0.306 e. The summed E-state index contributed by atoms with van der Waals surface area (Å²) in [6.45, 7) is 5.42. The number of benzene rings is 1. The Morgan fingerprint density at radius 2 is 1.89 bits per heavy atom. The molecule has 1 heterocycles. The minimum Gasteiger partial charge on any atom is -0.306 e. The number of aryl methyl sites for hydroxylation is 1. The van der Waals surface area contributed by atoms with E-state index in [9.17, 15) is 0 Å². The van der Waals surface area contributed by atoms with Crippen molar-refractivity contribution in [1.29, 1.82) is 0 Å². The predicted molar refractivity (Wildman–Crippen MR) is 87.4 cm³/mol. The maximum absolute atomic E-state index is 3.66. The molecule has 0 radical (unpaired) electrons. The third kappa shape index (κ3) is 3.85. The molecule has 1 aromatic heterocycles. The van der Waals surface area contributed by atoms with Crippen LogP contribution in [0.5, 0.6) is 0 Å². The van der Waals surface area contributed by atoms with Gasteiger partial charge in [0, 0.05) is 14.6 Å². The standard InChI is InChI=1S/C16H21NS2/c1-4-11-17-16(15-10-5-12(2)19-15)13-6-8-14(18-3)9-7-13/h5-10,16-17H,4,11H2,1-3H3. The maximum atomic E-state index is 3.66. The molecule has 0 spiro atoms. The Morgan fingerprint density at radius 1 is 1.16 bits per heavy atom. The normalized spacial score (nSPS) is 12.6. The van der Waals surface area contributed by atoms with E-state index in [-0.39, 0.29) is 0 Å². The first-order valence-electron chi connectivity index (χ1n) is 6.68. The Labute approximate surface area is 124 Å². The van der Waals surface area contributed by atoms with Crippen molar-refractivity contribution in [3.8, 4) is 0 Å². The fraction of sp³-hybridized carbons (Fsp3) is 0.375. The Balaban J connectivity index is 2.25. The van der Waals surface area contributed by atoms with E-state index in [4.69, 9.17) is 0 Å². The Hall–Kier alpha value is -0.770. The molecule has 0 aliphatic rings. The van der Waals surface area contributed by atoms with Crippen LogP contribution in [0.15, 0.2) is 41.3 Å². The molecular weight excluding hydrogens is 270 g/mol. The number of hydrogen-bond donors (Lipinski definition) is 1. The molecule has 2 aromatic rings. The first-order chi connectivity index (χ1) is 9.24. The minimum atomic E-state index is 0.328. The fourth-order valence-electron chi connectivity index (χ4n) is 2.08. The molecule has 1 nitrogen and oxygen atoms in total. The van der Waals surface area contributed by atoms with Crippen LogP contribution in [0.4, 0.5) is 0 Å². The number of nitrogens with one attached hydrogen (secondary N) is 1. The molecule has 0 fully saturated rings. The molecule has 2 rings (SSSR count). The SMILES string of the molecule is CCCNC(c1ccc(SC)cc1)c1ccc(C)s1. The molecule has 1 aromatic carbocycles. The Bertz CT molecular complexity index is 502. The minimum absolute atomic E-state index is 0.328. The summed E-state index contributed by atoms with van der Waals surface area (Å²) >= 11 is 3.67. The van der Waals surface area contributed by atoms with Crippen molar-refractivity contribution in [3.63, 3.8) is 0 Å². The van der Waals surface area contributed by atoms with E-state index in [2.05, 4.69) is 61.8 Å². The summed E-state index contributed by atoms with van der Waals surface area (Å²) in [4.78, 5) is 4.10. The summed E-state index contributed by atoms with van der Waals surface area (Å²) in [5.74, 6) is 0. The van der Waals surface area contributed by atoms with Gasteiger partial charge < -0.3 is 5.32 Å². The van der Waals surface area contributed by atoms with Crippen LogP contribution in [-0.2, 0) is 0 Å². The van der Waals surface area contributed by atoms with Gasteiger partial charge in [0.05, 0.1) is 6.04 Å². The average Bonchev–Trinajstić information content (AvgIpc) is 2.86. The zero-order valence-corrected chi connectivity index (χ0v) is 13.4. The van der Waals surface area contributed by atoms with Crippen molar-refractivity contribution in [3.05, 3.63) is 51.7 Å². The van der Waals surface area contributed by atoms with E-state index >= 15 is 0 Å². The summed E-state index contributed by atoms with van der Waals surface area (Å²) in [7, 11) is 0. The van der Waals surface area contributed by atoms with E-state index in [1.807, 2.05) is 11.3 Å². The van der Waals surface area contributed by atoms with E-state index in [1.165, 1.54) is 20.2 Å². The molecular formula is C16H21NS2. The summed E-state index contributed by atoms with van der Waals surface area (Å²) in [6, 6.07) is 13.7. The molecule has 0 saturated carbocycles. The highest BCUT2D eigenvalue weighted by atomic mass is 32.2. The van der Waals surface area contributed by atoms with E-state index in [0.29, 0.717) is 6.04 Å². The summed E-state index contributed by atoms with van der Waals surface area (Å²) < 4.78 is 0. The second-order valence-electron chi connectivity index (χ2n) is 4.61. The summed E-state index contributed by atoms with van der Waals surface area (Å²) in [5, 5.41) is 3.66. The highest BCUT2D eigenvalue weighted by Crippen LogP contribution is 2.29. The van der Waals surface area contributed by atoms with Gasteiger partial charge in [-0.2, -0.15) is 0 Å². The quantitative estimate of drug-likeness (QED) is 0.762. The lowest BCUT2D eigenvalue weighted by Crippen LogP contribution is -2.22. The zero-order valence-electron chi connectivity index (χ0n) is 11.8. The maximum Gasteiger partial charge on any atom is 0.0671 e. The van der Waals surface area contributed by atoms with Gasteiger partial charge in [-0.3, -0.25) is 0 Å². The summed E-state index contributed by atoms with van der Waals surface area (Å²) in [5.41, 5.74) is 1.35.